The lowest BCUT2D eigenvalue weighted by atomic mass is 9.96. The highest BCUT2D eigenvalue weighted by atomic mass is 16.5. The maximum absolute atomic E-state index is 5.73. The van der Waals surface area contributed by atoms with E-state index in [-0.39, 0.29) is 5.92 Å². The summed E-state index contributed by atoms with van der Waals surface area (Å²) >= 11 is 0. The zero-order chi connectivity index (χ0) is 13.1. The summed E-state index contributed by atoms with van der Waals surface area (Å²) in [4.78, 5) is 8.76. The average Bonchev–Trinajstić information content (AvgIpc) is 2.79. The fourth-order valence-electron chi connectivity index (χ4n) is 1.82. The van der Waals surface area contributed by atoms with Gasteiger partial charge in [0.1, 0.15) is 5.69 Å². The van der Waals surface area contributed by atoms with E-state index in [2.05, 4.69) is 29.0 Å². The lowest BCUT2D eigenvalue weighted by molar-refractivity contribution is 0.324. The maximum Gasteiger partial charge on any atom is 0.231 e. The van der Waals surface area contributed by atoms with Gasteiger partial charge in [-0.2, -0.15) is 4.98 Å². The molecule has 1 atom stereocenters. The normalized spacial score (nSPS) is 12.9. The van der Waals surface area contributed by atoms with Crippen molar-refractivity contribution >= 4 is 0 Å². The van der Waals surface area contributed by atoms with Crippen LogP contribution in [0, 0.1) is 12.8 Å². The van der Waals surface area contributed by atoms with Gasteiger partial charge in [0.2, 0.25) is 11.7 Å². The van der Waals surface area contributed by atoms with Crippen molar-refractivity contribution in [1.82, 2.24) is 15.1 Å². The highest BCUT2D eigenvalue weighted by Crippen LogP contribution is 2.23. The molecule has 5 nitrogen and oxygen atoms in total. The first kappa shape index (κ1) is 12.7. The monoisotopic (exact) mass is 246 g/mol. The van der Waals surface area contributed by atoms with E-state index in [0.717, 1.165) is 11.4 Å². The fourth-order valence-corrected chi connectivity index (χ4v) is 1.82. The molecule has 2 rings (SSSR count). The first-order chi connectivity index (χ1) is 8.61. The average molecular weight is 246 g/mol. The van der Waals surface area contributed by atoms with E-state index in [0.29, 0.717) is 24.2 Å². The molecule has 0 radical (unpaired) electrons. The van der Waals surface area contributed by atoms with E-state index in [4.69, 9.17) is 10.3 Å². The summed E-state index contributed by atoms with van der Waals surface area (Å²) in [6.07, 6.45) is 0. The molecule has 0 bridgehead atoms. The topological polar surface area (TPSA) is 77.8 Å². The van der Waals surface area contributed by atoms with E-state index in [1.54, 1.807) is 0 Å². The van der Waals surface area contributed by atoms with Crippen molar-refractivity contribution in [3.8, 4) is 11.5 Å². The van der Waals surface area contributed by atoms with Gasteiger partial charge >= 0.3 is 0 Å². The third-order valence-corrected chi connectivity index (χ3v) is 2.94. The first-order valence-corrected chi connectivity index (χ1v) is 6.09. The molecule has 2 aromatic rings. The summed E-state index contributed by atoms with van der Waals surface area (Å²) in [5.41, 5.74) is 7.39. The lowest BCUT2D eigenvalue weighted by Gasteiger charge is -2.13. The Labute approximate surface area is 106 Å². The number of aromatic nitrogens is 3. The summed E-state index contributed by atoms with van der Waals surface area (Å²) in [5, 5.41) is 3.97. The number of nitrogens with two attached hydrogens (primary N) is 1. The SMILES string of the molecule is Cc1cccc(-c2noc(C(CN)C(C)C)n2)n1. The van der Waals surface area contributed by atoms with Crippen LogP contribution < -0.4 is 5.73 Å². The van der Waals surface area contributed by atoms with Crippen LogP contribution in [0.1, 0.15) is 31.4 Å². The van der Waals surface area contributed by atoms with E-state index < -0.39 is 0 Å². The molecule has 0 saturated heterocycles. The number of rotatable bonds is 4. The first-order valence-electron chi connectivity index (χ1n) is 6.09. The van der Waals surface area contributed by atoms with Gasteiger partial charge in [-0.1, -0.05) is 25.1 Å². The van der Waals surface area contributed by atoms with Gasteiger partial charge in [-0.25, -0.2) is 4.98 Å². The molecule has 0 spiro atoms. The Morgan fingerprint density at radius 1 is 1.28 bits per heavy atom. The second-order valence-electron chi connectivity index (χ2n) is 4.71. The Bertz CT molecular complexity index is 521. The van der Waals surface area contributed by atoms with E-state index >= 15 is 0 Å². The van der Waals surface area contributed by atoms with Gasteiger partial charge in [-0.3, -0.25) is 0 Å². The molecule has 0 aliphatic carbocycles. The van der Waals surface area contributed by atoms with Crippen molar-refractivity contribution in [2.24, 2.45) is 11.7 Å². The van der Waals surface area contributed by atoms with Crippen molar-refractivity contribution in [3.63, 3.8) is 0 Å². The summed E-state index contributed by atoms with van der Waals surface area (Å²) in [5.74, 6) is 1.57. The molecule has 0 saturated carbocycles. The molecule has 1 unspecified atom stereocenters. The molecule has 0 amide bonds. The van der Waals surface area contributed by atoms with Crippen LogP contribution in [0.2, 0.25) is 0 Å². The van der Waals surface area contributed by atoms with Crippen molar-refractivity contribution in [1.29, 1.82) is 0 Å². The molecule has 18 heavy (non-hydrogen) atoms. The van der Waals surface area contributed by atoms with Crippen LogP contribution in [0.4, 0.5) is 0 Å². The van der Waals surface area contributed by atoms with Crippen LogP contribution in [0.15, 0.2) is 22.7 Å². The third-order valence-electron chi connectivity index (χ3n) is 2.94. The molecular weight excluding hydrogens is 228 g/mol. The van der Waals surface area contributed by atoms with Crippen LogP contribution in [0.25, 0.3) is 11.5 Å². The minimum Gasteiger partial charge on any atom is -0.339 e. The molecule has 5 heteroatoms. The van der Waals surface area contributed by atoms with Crippen molar-refractivity contribution in [3.05, 3.63) is 29.8 Å². The van der Waals surface area contributed by atoms with E-state index in [1.165, 1.54) is 0 Å². The van der Waals surface area contributed by atoms with Gasteiger partial charge in [-0.05, 0) is 25.0 Å². The molecule has 0 fully saturated rings. The van der Waals surface area contributed by atoms with Gasteiger partial charge in [0.15, 0.2) is 0 Å². The Balaban J connectivity index is 2.30. The van der Waals surface area contributed by atoms with Gasteiger partial charge in [0.25, 0.3) is 0 Å². The molecule has 0 aliphatic heterocycles. The zero-order valence-electron chi connectivity index (χ0n) is 10.9. The third kappa shape index (κ3) is 2.56. The summed E-state index contributed by atoms with van der Waals surface area (Å²) in [7, 11) is 0. The number of nitrogens with zero attached hydrogens (tertiary/aromatic N) is 3. The van der Waals surface area contributed by atoms with Crippen LogP contribution in [0.3, 0.4) is 0 Å². The minimum absolute atomic E-state index is 0.0936. The Kier molecular flexibility index (Phi) is 3.72. The number of hydrogen-bond acceptors (Lipinski definition) is 5. The number of hydrogen-bond donors (Lipinski definition) is 1. The van der Waals surface area contributed by atoms with Crippen molar-refractivity contribution < 1.29 is 4.52 Å². The number of aryl methyl sites for hydroxylation is 1. The molecule has 2 aromatic heterocycles. The summed E-state index contributed by atoms with van der Waals surface area (Å²) in [6.45, 7) is 6.61. The summed E-state index contributed by atoms with van der Waals surface area (Å²) < 4.78 is 5.29. The molecule has 0 aliphatic rings. The Hall–Kier alpha value is -1.75. The Morgan fingerprint density at radius 3 is 2.67 bits per heavy atom. The highest BCUT2D eigenvalue weighted by molar-refractivity contribution is 5.48. The molecule has 0 aromatic carbocycles. The van der Waals surface area contributed by atoms with E-state index in [1.807, 2.05) is 25.1 Å². The van der Waals surface area contributed by atoms with Crippen molar-refractivity contribution in [2.75, 3.05) is 6.54 Å². The van der Waals surface area contributed by atoms with Crippen LogP contribution in [-0.2, 0) is 0 Å². The predicted molar refractivity (Wildman–Crippen MR) is 68.9 cm³/mol. The highest BCUT2D eigenvalue weighted by Gasteiger charge is 2.21. The molecule has 2 heterocycles. The van der Waals surface area contributed by atoms with Gasteiger partial charge in [0, 0.05) is 12.2 Å². The smallest absolute Gasteiger partial charge is 0.231 e. The van der Waals surface area contributed by atoms with Crippen LogP contribution >= 0.6 is 0 Å². The molecular formula is C13H18N4O. The summed E-state index contributed by atoms with van der Waals surface area (Å²) in [6, 6.07) is 5.73. The van der Waals surface area contributed by atoms with Gasteiger partial charge in [0.05, 0.1) is 5.92 Å². The fraction of sp³-hybridized carbons (Fsp3) is 0.462. The van der Waals surface area contributed by atoms with E-state index in [9.17, 15) is 0 Å². The van der Waals surface area contributed by atoms with Crippen LogP contribution in [-0.4, -0.2) is 21.7 Å². The quantitative estimate of drug-likeness (QED) is 0.894. The van der Waals surface area contributed by atoms with Crippen molar-refractivity contribution in [2.45, 2.75) is 26.7 Å². The standard InChI is InChI=1S/C13H18N4O/c1-8(2)10(7-14)13-16-12(17-18-13)11-6-4-5-9(3)15-11/h4-6,8,10H,7,14H2,1-3H3. The maximum atomic E-state index is 5.73. The zero-order valence-corrected chi connectivity index (χ0v) is 10.9. The lowest BCUT2D eigenvalue weighted by Crippen LogP contribution is -2.18. The number of pyridine rings is 1. The molecule has 2 N–H and O–H groups in total. The van der Waals surface area contributed by atoms with Gasteiger partial charge < -0.3 is 10.3 Å². The Morgan fingerprint density at radius 2 is 2.06 bits per heavy atom. The van der Waals surface area contributed by atoms with Gasteiger partial charge in [-0.15, -0.1) is 0 Å². The second kappa shape index (κ2) is 5.27. The van der Waals surface area contributed by atoms with Crippen LogP contribution in [0.5, 0.6) is 0 Å². The predicted octanol–water partition coefficient (Wildman–Crippen LogP) is 2.14. The largest absolute Gasteiger partial charge is 0.339 e. The second-order valence-corrected chi connectivity index (χ2v) is 4.71. The minimum atomic E-state index is 0.0936. The molecule has 96 valence electrons.